The molecule has 1 aliphatic rings. The molecule has 1 aromatic heterocycles. The summed E-state index contributed by atoms with van der Waals surface area (Å²) in [5.41, 5.74) is 3.88. The van der Waals surface area contributed by atoms with Crippen LogP contribution in [0.2, 0.25) is 0 Å². The number of hydrogen-bond donors (Lipinski definition) is 0. The van der Waals surface area contributed by atoms with Gasteiger partial charge in [0.15, 0.2) is 0 Å². The van der Waals surface area contributed by atoms with E-state index in [0.717, 1.165) is 12.8 Å². The van der Waals surface area contributed by atoms with Gasteiger partial charge in [0.2, 0.25) is 0 Å². The largest absolute Gasteiger partial charge is 0.256 e. The van der Waals surface area contributed by atoms with Gasteiger partial charge in [-0.15, -0.1) is 0 Å². The molecule has 0 fully saturated rings. The third-order valence-electron chi connectivity index (χ3n) is 2.41. The van der Waals surface area contributed by atoms with E-state index in [1.54, 1.807) is 0 Å². The standard InChI is InChI=1S/C12H13N/c1-2-5-10-6-3-7-11-8-4-9-13-12(10)11/h2,4-5,8-9H,1,3,6-7H2. The summed E-state index contributed by atoms with van der Waals surface area (Å²) in [6, 6.07) is 4.17. The van der Waals surface area contributed by atoms with Crippen LogP contribution < -0.4 is 0 Å². The molecule has 0 aromatic carbocycles. The van der Waals surface area contributed by atoms with Gasteiger partial charge in [0, 0.05) is 6.20 Å². The van der Waals surface area contributed by atoms with Gasteiger partial charge in [0.25, 0.3) is 0 Å². The molecule has 0 amide bonds. The Kier molecular flexibility index (Phi) is 2.26. The van der Waals surface area contributed by atoms with Crippen LogP contribution in [-0.2, 0) is 6.42 Å². The Hall–Kier alpha value is -1.37. The van der Waals surface area contributed by atoms with Gasteiger partial charge in [-0.05, 0) is 36.5 Å². The average Bonchev–Trinajstić information content (AvgIpc) is 2.19. The average molecular weight is 171 g/mol. The van der Waals surface area contributed by atoms with Crippen molar-refractivity contribution in [2.75, 3.05) is 0 Å². The summed E-state index contributed by atoms with van der Waals surface area (Å²) in [6.45, 7) is 3.72. The minimum Gasteiger partial charge on any atom is -0.256 e. The normalized spacial score (nSPS) is 18.3. The van der Waals surface area contributed by atoms with Crippen LogP contribution in [0.4, 0.5) is 0 Å². The van der Waals surface area contributed by atoms with Crippen LogP contribution >= 0.6 is 0 Å². The molecule has 66 valence electrons. The summed E-state index contributed by atoms with van der Waals surface area (Å²) in [5, 5.41) is 0. The quantitative estimate of drug-likeness (QED) is 0.633. The van der Waals surface area contributed by atoms with Crippen molar-refractivity contribution in [3.05, 3.63) is 48.3 Å². The summed E-state index contributed by atoms with van der Waals surface area (Å²) in [7, 11) is 0. The van der Waals surface area contributed by atoms with E-state index in [4.69, 9.17) is 0 Å². The lowest BCUT2D eigenvalue weighted by Crippen LogP contribution is -2.03. The molecule has 0 atom stereocenters. The zero-order valence-corrected chi connectivity index (χ0v) is 7.66. The summed E-state index contributed by atoms with van der Waals surface area (Å²) < 4.78 is 0. The summed E-state index contributed by atoms with van der Waals surface area (Å²) in [5.74, 6) is 0. The smallest absolute Gasteiger partial charge is 0.0693 e. The Labute approximate surface area is 78.8 Å². The van der Waals surface area contributed by atoms with Gasteiger partial charge in [0.1, 0.15) is 0 Å². The molecular weight excluding hydrogens is 158 g/mol. The molecule has 0 saturated carbocycles. The second-order valence-corrected chi connectivity index (χ2v) is 3.29. The molecule has 1 heterocycles. The van der Waals surface area contributed by atoms with Gasteiger partial charge in [-0.25, -0.2) is 0 Å². The molecule has 0 spiro atoms. The molecule has 0 aliphatic heterocycles. The maximum Gasteiger partial charge on any atom is 0.0693 e. The third kappa shape index (κ3) is 1.55. The van der Waals surface area contributed by atoms with Gasteiger partial charge >= 0.3 is 0 Å². The fourth-order valence-electron chi connectivity index (χ4n) is 1.82. The van der Waals surface area contributed by atoms with Crippen molar-refractivity contribution in [3.63, 3.8) is 0 Å². The van der Waals surface area contributed by atoms with Crippen molar-refractivity contribution in [1.29, 1.82) is 0 Å². The van der Waals surface area contributed by atoms with Crippen molar-refractivity contribution in [2.45, 2.75) is 19.3 Å². The first-order chi connectivity index (χ1) is 6.42. The first kappa shape index (κ1) is 8.24. The van der Waals surface area contributed by atoms with E-state index in [9.17, 15) is 0 Å². The Bertz CT molecular complexity index is 350. The van der Waals surface area contributed by atoms with Crippen LogP contribution in [0.1, 0.15) is 24.1 Å². The Morgan fingerprint density at radius 2 is 2.31 bits per heavy atom. The molecule has 1 heteroatoms. The SMILES string of the molecule is C=CC=C1CCCc2cccnc21. The third-order valence-corrected chi connectivity index (χ3v) is 2.41. The highest BCUT2D eigenvalue weighted by atomic mass is 14.7. The van der Waals surface area contributed by atoms with Crippen molar-refractivity contribution in [1.82, 2.24) is 4.98 Å². The predicted molar refractivity (Wildman–Crippen MR) is 55.3 cm³/mol. The van der Waals surface area contributed by atoms with Gasteiger partial charge in [0.05, 0.1) is 5.69 Å². The molecule has 13 heavy (non-hydrogen) atoms. The van der Waals surface area contributed by atoms with E-state index in [-0.39, 0.29) is 0 Å². The lowest BCUT2D eigenvalue weighted by atomic mass is 9.91. The number of aryl methyl sites for hydroxylation is 1. The van der Waals surface area contributed by atoms with Gasteiger partial charge in [-0.2, -0.15) is 0 Å². The van der Waals surface area contributed by atoms with E-state index < -0.39 is 0 Å². The Morgan fingerprint density at radius 1 is 1.38 bits per heavy atom. The van der Waals surface area contributed by atoms with Crippen LogP contribution in [0.3, 0.4) is 0 Å². The predicted octanol–water partition coefficient (Wildman–Crippen LogP) is 2.99. The second kappa shape index (κ2) is 3.56. The monoisotopic (exact) mass is 171 g/mol. The zero-order valence-electron chi connectivity index (χ0n) is 7.66. The number of hydrogen-bond acceptors (Lipinski definition) is 1. The summed E-state index contributed by atoms with van der Waals surface area (Å²) in [6.07, 6.45) is 9.32. The lowest BCUT2D eigenvalue weighted by Gasteiger charge is -2.16. The Balaban J connectivity index is 2.48. The van der Waals surface area contributed by atoms with Crippen LogP contribution in [0, 0.1) is 0 Å². The van der Waals surface area contributed by atoms with Crippen molar-refractivity contribution >= 4 is 5.57 Å². The lowest BCUT2D eigenvalue weighted by molar-refractivity contribution is 0.809. The van der Waals surface area contributed by atoms with Crippen LogP contribution in [-0.4, -0.2) is 4.98 Å². The van der Waals surface area contributed by atoms with Crippen molar-refractivity contribution < 1.29 is 0 Å². The minimum absolute atomic E-state index is 1.13. The topological polar surface area (TPSA) is 12.9 Å². The highest BCUT2D eigenvalue weighted by Gasteiger charge is 2.13. The van der Waals surface area contributed by atoms with E-state index in [0.29, 0.717) is 0 Å². The number of aromatic nitrogens is 1. The molecule has 1 aliphatic carbocycles. The molecule has 0 radical (unpaired) electrons. The number of nitrogens with zero attached hydrogens (tertiary/aromatic N) is 1. The van der Waals surface area contributed by atoms with E-state index in [1.807, 2.05) is 18.3 Å². The Morgan fingerprint density at radius 3 is 3.15 bits per heavy atom. The van der Waals surface area contributed by atoms with Gasteiger partial charge in [-0.1, -0.05) is 24.8 Å². The van der Waals surface area contributed by atoms with Crippen LogP contribution in [0.15, 0.2) is 37.1 Å². The number of rotatable bonds is 1. The first-order valence-electron chi connectivity index (χ1n) is 4.67. The number of pyridine rings is 1. The highest BCUT2D eigenvalue weighted by molar-refractivity contribution is 5.68. The van der Waals surface area contributed by atoms with Crippen molar-refractivity contribution in [3.8, 4) is 0 Å². The fraction of sp³-hybridized carbons (Fsp3) is 0.250. The maximum atomic E-state index is 4.40. The molecule has 0 N–H and O–H groups in total. The van der Waals surface area contributed by atoms with E-state index in [1.165, 1.54) is 23.3 Å². The number of fused-ring (bicyclic) bond motifs is 1. The summed E-state index contributed by atoms with van der Waals surface area (Å²) in [4.78, 5) is 4.40. The van der Waals surface area contributed by atoms with E-state index >= 15 is 0 Å². The van der Waals surface area contributed by atoms with Crippen LogP contribution in [0.5, 0.6) is 0 Å². The molecule has 0 unspecified atom stereocenters. The molecule has 2 rings (SSSR count). The first-order valence-corrected chi connectivity index (χ1v) is 4.67. The molecule has 0 bridgehead atoms. The van der Waals surface area contributed by atoms with E-state index in [2.05, 4.69) is 23.7 Å². The van der Waals surface area contributed by atoms with Crippen molar-refractivity contribution in [2.24, 2.45) is 0 Å². The molecule has 0 saturated heterocycles. The minimum atomic E-state index is 1.13. The number of allylic oxidation sites excluding steroid dienone is 3. The molecule has 1 nitrogen and oxygen atoms in total. The maximum absolute atomic E-state index is 4.40. The molecular formula is C12H13N. The van der Waals surface area contributed by atoms with Gasteiger partial charge < -0.3 is 0 Å². The fourth-order valence-corrected chi connectivity index (χ4v) is 1.82. The second-order valence-electron chi connectivity index (χ2n) is 3.29. The zero-order chi connectivity index (χ0) is 9.10. The summed E-state index contributed by atoms with van der Waals surface area (Å²) >= 11 is 0. The van der Waals surface area contributed by atoms with Crippen LogP contribution in [0.25, 0.3) is 5.57 Å². The molecule has 1 aromatic rings. The van der Waals surface area contributed by atoms with Gasteiger partial charge in [-0.3, -0.25) is 4.98 Å². The highest BCUT2D eigenvalue weighted by Crippen LogP contribution is 2.28.